The first-order chi connectivity index (χ1) is 19.0. The molecule has 0 bridgehead atoms. The van der Waals surface area contributed by atoms with Crippen LogP contribution in [0.5, 0.6) is 5.75 Å². The van der Waals surface area contributed by atoms with Crippen molar-refractivity contribution < 1.29 is 24.2 Å². The molecule has 3 N–H and O–H groups in total. The molecule has 2 aromatic heterocycles. The Bertz CT molecular complexity index is 1660. The van der Waals surface area contributed by atoms with E-state index in [-0.39, 0.29) is 12.2 Å². The van der Waals surface area contributed by atoms with Gasteiger partial charge in [-0.1, -0.05) is 43.5 Å². The van der Waals surface area contributed by atoms with Gasteiger partial charge in [-0.05, 0) is 65.6 Å². The molecule has 3 aromatic carbocycles. The molecule has 1 atom stereocenters. The fourth-order valence-electron chi connectivity index (χ4n) is 5.63. The van der Waals surface area contributed by atoms with Gasteiger partial charge in [-0.3, -0.25) is 4.79 Å². The van der Waals surface area contributed by atoms with Crippen molar-refractivity contribution in [2.45, 2.75) is 50.6 Å². The maximum Gasteiger partial charge on any atom is 0.326 e. The number of carboxylic acids is 1. The molecule has 8 nitrogen and oxygen atoms in total. The number of benzene rings is 3. The van der Waals surface area contributed by atoms with E-state index in [4.69, 9.17) is 9.40 Å². The van der Waals surface area contributed by atoms with Gasteiger partial charge in [0.05, 0.1) is 22.9 Å². The molecular formula is C31H29N3O5. The number of furan rings is 1. The van der Waals surface area contributed by atoms with E-state index < -0.39 is 17.9 Å². The number of carboxylic acid groups (broad SMARTS) is 1. The SMILES string of the molecule is O=C(NC(Cc1ccc2cc(O)ccc2c1)C(=O)O)c1ccc2c(c1)nc(-c1ccoc1)n2C1CCCCC1. The first-order valence-electron chi connectivity index (χ1n) is 13.3. The molecule has 2 heterocycles. The summed E-state index contributed by atoms with van der Waals surface area (Å²) in [5.74, 6) is -0.592. The number of carbonyl (C=O) groups is 2. The number of phenols is 1. The Morgan fingerprint density at radius 2 is 1.79 bits per heavy atom. The lowest BCUT2D eigenvalue weighted by Gasteiger charge is -2.25. The highest BCUT2D eigenvalue weighted by Gasteiger charge is 2.25. The van der Waals surface area contributed by atoms with Gasteiger partial charge >= 0.3 is 5.97 Å². The Kier molecular flexibility index (Phi) is 6.52. The number of imidazole rings is 1. The van der Waals surface area contributed by atoms with Crippen LogP contribution >= 0.6 is 0 Å². The van der Waals surface area contributed by atoms with Crippen molar-refractivity contribution >= 4 is 33.7 Å². The maximum absolute atomic E-state index is 13.2. The molecule has 39 heavy (non-hydrogen) atoms. The number of amides is 1. The maximum atomic E-state index is 13.2. The lowest BCUT2D eigenvalue weighted by atomic mass is 9.95. The monoisotopic (exact) mass is 523 g/mol. The zero-order valence-corrected chi connectivity index (χ0v) is 21.3. The van der Waals surface area contributed by atoms with Gasteiger partial charge < -0.3 is 24.5 Å². The van der Waals surface area contributed by atoms with E-state index in [0.29, 0.717) is 17.1 Å². The third-order valence-electron chi connectivity index (χ3n) is 7.60. The van der Waals surface area contributed by atoms with Crippen LogP contribution in [0.15, 0.2) is 77.6 Å². The molecule has 1 unspecified atom stereocenters. The van der Waals surface area contributed by atoms with Crippen molar-refractivity contribution in [2.75, 3.05) is 0 Å². The molecule has 1 fully saturated rings. The number of hydrogen-bond donors (Lipinski definition) is 3. The van der Waals surface area contributed by atoms with Crippen LogP contribution in [0.2, 0.25) is 0 Å². The van der Waals surface area contributed by atoms with Crippen LogP contribution in [-0.4, -0.2) is 37.7 Å². The molecule has 6 rings (SSSR count). The average molecular weight is 524 g/mol. The first-order valence-corrected chi connectivity index (χ1v) is 13.3. The largest absolute Gasteiger partial charge is 0.508 e. The molecule has 0 radical (unpaired) electrons. The fraction of sp³-hybridized carbons (Fsp3) is 0.258. The van der Waals surface area contributed by atoms with Crippen molar-refractivity contribution in [1.82, 2.24) is 14.9 Å². The number of carbonyl (C=O) groups excluding carboxylic acids is 1. The zero-order chi connectivity index (χ0) is 26.9. The highest BCUT2D eigenvalue weighted by molar-refractivity contribution is 5.99. The number of nitrogens with one attached hydrogen (secondary N) is 1. The van der Waals surface area contributed by atoms with Gasteiger partial charge in [-0.25, -0.2) is 9.78 Å². The van der Waals surface area contributed by atoms with Gasteiger partial charge in [0, 0.05) is 18.0 Å². The molecule has 198 valence electrons. The molecule has 1 aliphatic carbocycles. The van der Waals surface area contributed by atoms with E-state index in [1.165, 1.54) is 19.3 Å². The Hall–Kier alpha value is -4.59. The number of rotatable bonds is 7. The minimum Gasteiger partial charge on any atom is -0.508 e. The third kappa shape index (κ3) is 4.97. The van der Waals surface area contributed by atoms with Crippen molar-refractivity contribution in [3.8, 4) is 17.1 Å². The van der Waals surface area contributed by atoms with Crippen LogP contribution < -0.4 is 5.32 Å². The summed E-state index contributed by atoms with van der Waals surface area (Å²) in [7, 11) is 0. The quantitative estimate of drug-likeness (QED) is 0.238. The van der Waals surface area contributed by atoms with Gasteiger partial charge in [-0.15, -0.1) is 0 Å². The highest BCUT2D eigenvalue weighted by Crippen LogP contribution is 2.36. The molecular weight excluding hydrogens is 494 g/mol. The minimum atomic E-state index is -1.11. The van der Waals surface area contributed by atoms with E-state index in [1.54, 1.807) is 42.9 Å². The van der Waals surface area contributed by atoms with Crippen LogP contribution in [0.25, 0.3) is 33.2 Å². The lowest BCUT2D eigenvalue weighted by molar-refractivity contribution is -0.139. The summed E-state index contributed by atoms with van der Waals surface area (Å²) >= 11 is 0. The summed E-state index contributed by atoms with van der Waals surface area (Å²) in [5, 5.41) is 24.0. The standard InChI is InChI=1S/C31H29N3O5/c35-25-10-8-20-14-19(6-7-21(20)16-25)15-27(31(37)38)33-30(36)22-9-11-28-26(17-22)32-29(23-12-13-39-18-23)34(28)24-4-2-1-3-5-24/h6-14,16-18,24,27,35H,1-5,15H2,(H,33,36)(H,37,38). The number of aromatic nitrogens is 2. The second-order valence-electron chi connectivity index (χ2n) is 10.2. The van der Waals surface area contributed by atoms with E-state index in [2.05, 4.69) is 9.88 Å². The summed E-state index contributed by atoms with van der Waals surface area (Å²) < 4.78 is 7.59. The Morgan fingerprint density at radius 3 is 2.56 bits per heavy atom. The summed E-state index contributed by atoms with van der Waals surface area (Å²) in [5.41, 5.74) is 3.65. The summed E-state index contributed by atoms with van der Waals surface area (Å²) in [6, 6.07) is 17.0. The lowest BCUT2D eigenvalue weighted by Crippen LogP contribution is -2.42. The molecule has 0 aliphatic heterocycles. The molecule has 1 aliphatic rings. The first kappa shape index (κ1) is 24.7. The van der Waals surface area contributed by atoms with Gasteiger partial charge in [0.25, 0.3) is 5.91 Å². The molecule has 1 amide bonds. The summed E-state index contributed by atoms with van der Waals surface area (Å²) in [6.45, 7) is 0. The van der Waals surface area contributed by atoms with Crippen LogP contribution in [0.1, 0.15) is 54.1 Å². The number of fused-ring (bicyclic) bond motifs is 2. The van der Waals surface area contributed by atoms with E-state index in [9.17, 15) is 19.8 Å². The van der Waals surface area contributed by atoms with Crippen molar-refractivity contribution in [3.63, 3.8) is 0 Å². The van der Waals surface area contributed by atoms with Crippen molar-refractivity contribution in [1.29, 1.82) is 0 Å². The number of hydrogen-bond acceptors (Lipinski definition) is 5. The van der Waals surface area contributed by atoms with Crippen LogP contribution in [-0.2, 0) is 11.2 Å². The summed E-state index contributed by atoms with van der Waals surface area (Å²) in [6.07, 6.45) is 9.18. The van der Waals surface area contributed by atoms with Gasteiger partial charge in [0.15, 0.2) is 0 Å². The smallest absolute Gasteiger partial charge is 0.326 e. The van der Waals surface area contributed by atoms with E-state index >= 15 is 0 Å². The fourth-order valence-corrected chi connectivity index (χ4v) is 5.63. The van der Waals surface area contributed by atoms with Gasteiger partial charge in [0.1, 0.15) is 23.9 Å². The highest BCUT2D eigenvalue weighted by atomic mass is 16.4. The summed E-state index contributed by atoms with van der Waals surface area (Å²) in [4.78, 5) is 30.2. The zero-order valence-electron chi connectivity index (χ0n) is 21.3. The Balaban J connectivity index is 1.27. The molecule has 5 aromatic rings. The van der Waals surface area contributed by atoms with Crippen LogP contribution in [0.4, 0.5) is 0 Å². The predicted molar refractivity (Wildman–Crippen MR) is 148 cm³/mol. The second-order valence-corrected chi connectivity index (χ2v) is 10.2. The number of aromatic hydroxyl groups is 1. The van der Waals surface area contributed by atoms with Crippen molar-refractivity contribution in [3.05, 3.63) is 84.3 Å². The molecule has 0 saturated heterocycles. The van der Waals surface area contributed by atoms with E-state index in [1.807, 2.05) is 30.3 Å². The van der Waals surface area contributed by atoms with Crippen LogP contribution in [0.3, 0.4) is 0 Å². The molecule has 8 heteroatoms. The molecule has 0 spiro atoms. The third-order valence-corrected chi connectivity index (χ3v) is 7.60. The normalized spacial score (nSPS) is 15.0. The Morgan fingerprint density at radius 1 is 1.00 bits per heavy atom. The minimum absolute atomic E-state index is 0.126. The number of aliphatic carboxylic acids is 1. The van der Waals surface area contributed by atoms with Gasteiger partial charge in [-0.2, -0.15) is 0 Å². The van der Waals surface area contributed by atoms with Crippen molar-refractivity contribution in [2.24, 2.45) is 0 Å². The Labute approximate surface area is 224 Å². The topological polar surface area (TPSA) is 118 Å². The van der Waals surface area contributed by atoms with Gasteiger partial charge in [0.2, 0.25) is 0 Å². The number of phenolic OH excluding ortho intramolecular Hbond substituents is 1. The second kappa shape index (κ2) is 10.3. The number of nitrogens with zero attached hydrogens (tertiary/aromatic N) is 2. The average Bonchev–Trinajstić information content (AvgIpc) is 3.61. The van der Waals surface area contributed by atoms with E-state index in [0.717, 1.165) is 46.1 Å². The van der Waals surface area contributed by atoms with Crippen LogP contribution in [0, 0.1) is 0 Å². The molecule has 1 saturated carbocycles. The predicted octanol–water partition coefficient (Wildman–Crippen LogP) is 6.09.